The summed E-state index contributed by atoms with van der Waals surface area (Å²) in [5.74, 6) is -0.134. The quantitative estimate of drug-likeness (QED) is 0.599. The van der Waals surface area contributed by atoms with Gasteiger partial charge in [0.1, 0.15) is 4.21 Å². The largest absolute Gasteiger partial charge is 0.436 e. The zero-order valence-electron chi connectivity index (χ0n) is 14.3. The summed E-state index contributed by atoms with van der Waals surface area (Å²) in [6, 6.07) is 10.6. The van der Waals surface area contributed by atoms with Crippen molar-refractivity contribution in [2.24, 2.45) is 0 Å². The number of hydrogen-bond acceptors (Lipinski definition) is 5. The molecule has 0 N–H and O–H groups in total. The van der Waals surface area contributed by atoms with E-state index < -0.39 is 21.9 Å². The van der Waals surface area contributed by atoms with Crippen LogP contribution in [0.25, 0.3) is 10.6 Å². The van der Waals surface area contributed by atoms with E-state index in [-0.39, 0.29) is 14.8 Å². The third-order valence-electron chi connectivity index (χ3n) is 3.95. The van der Waals surface area contributed by atoms with E-state index in [1.807, 2.05) is 19.1 Å². The Morgan fingerprint density at radius 2 is 1.89 bits per heavy atom. The lowest BCUT2D eigenvalue weighted by molar-refractivity contribution is -0.142. The standard InChI is InChI=1S/C17H15F3N2O3S2/c1-3-11-6-4-5-7-12(11)22(2)27(23,24)16-9-8-14(26-16)13-10-15(21-25-13)17(18,19)20/h4-10H,3H2,1-2H3. The summed E-state index contributed by atoms with van der Waals surface area (Å²) in [5.41, 5.74) is 0.253. The van der Waals surface area contributed by atoms with Crippen molar-refractivity contribution in [3.8, 4) is 10.6 Å². The van der Waals surface area contributed by atoms with Gasteiger partial charge in [-0.15, -0.1) is 11.3 Å². The Labute approximate surface area is 158 Å². The van der Waals surface area contributed by atoms with E-state index in [2.05, 4.69) is 5.16 Å². The average molecular weight is 416 g/mol. The fourth-order valence-electron chi connectivity index (χ4n) is 2.50. The van der Waals surface area contributed by atoms with Gasteiger partial charge in [0, 0.05) is 13.1 Å². The highest BCUT2D eigenvalue weighted by Gasteiger charge is 2.35. The Bertz CT molecular complexity index is 1060. The number of anilines is 1. The number of para-hydroxylation sites is 1. The average Bonchev–Trinajstić information content (AvgIpc) is 3.29. The number of benzene rings is 1. The van der Waals surface area contributed by atoms with Gasteiger partial charge in [0.15, 0.2) is 11.5 Å². The molecule has 0 saturated carbocycles. The van der Waals surface area contributed by atoms with Gasteiger partial charge in [-0.1, -0.05) is 30.3 Å². The van der Waals surface area contributed by atoms with Crippen LogP contribution in [0.2, 0.25) is 0 Å². The van der Waals surface area contributed by atoms with Crippen LogP contribution in [-0.4, -0.2) is 20.6 Å². The highest BCUT2D eigenvalue weighted by Crippen LogP contribution is 2.37. The summed E-state index contributed by atoms with van der Waals surface area (Å²) in [5, 5.41) is 2.99. The van der Waals surface area contributed by atoms with Crippen molar-refractivity contribution in [1.82, 2.24) is 5.16 Å². The lowest BCUT2D eigenvalue weighted by atomic mass is 10.1. The molecule has 2 aromatic heterocycles. The molecule has 0 unspecified atom stereocenters. The molecule has 144 valence electrons. The Balaban J connectivity index is 1.94. The van der Waals surface area contributed by atoms with Crippen LogP contribution >= 0.6 is 11.3 Å². The molecule has 0 radical (unpaired) electrons. The van der Waals surface area contributed by atoms with Crippen LogP contribution in [-0.2, 0) is 22.6 Å². The molecule has 0 fully saturated rings. The van der Waals surface area contributed by atoms with Gasteiger partial charge >= 0.3 is 6.18 Å². The minimum Gasteiger partial charge on any atom is -0.355 e. The maximum atomic E-state index is 12.9. The van der Waals surface area contributed by atoms with Crippen molar-refractivity contribution in [3.05, 3.63) is 53.7 Å². The first-order valence-electron chi connectivity index (χ1n) is 7.85. The van der Waals surface area contributed by atoms with Crippen LogP contribution in [0, 0.1) is 0 Å². The number of thiophene rings is 1. The number of aryl methyl sites for hydroxylation is 1. The predicted octanol–water partition coefficient (Wildman–Crippen LogP) is 4.81. The van der Waals surface area contributed by atoms with E-state index in [1.54, 1.807) is 12.1 Å². The summed E-state index contributed by atoms with van der Waals surface area (Å²) < 4.78 is 69.7. The molecular weight excluding hydrogens is 401 g/mol. The molecule has 0 aliphatic heterocycles. The maximum Gasteiger partial charge on any atom is 0.436 e. The topological polar surface area (TPSA) is 63.4 Å². The van der Waals surface area contributed by atoms with Crippen molar-refractivity contribution in [1.29, 1.82) is 0 Å². The summed E-state index contributed by atoms with van der Waals surface area (Å²) in [6.45, 7) is 1.92. The van der Waals surface area contributed by atoms with E-state index in [9.17, 15) is 21.6 Å². The molecule has 27 heavy (non-hydrogen) atoms. The van der Waals surface area contributed by atoms with Gasteiger partial charge in [-0.05, 0) is 30.2 Å². The molecule has 0 bridgehead atoms. The Hall–Kier alpha value is -2.33. The van der Waals surface area contributed by atoms with Crippen LogP contribution in [0.15, 0.2) is 51.2 Å². The highest BCUT2D eigenvalue weighted by atomic mass is 32.2. The van der Waals surface area contributed by atoms with E-state index in [4.69, 9.17) is 4.52 Å². The van der Waals surface area contributed by atoms with Gasteiger partial charge in [0.25, 0.3) is 10.0 Å². The van der Waals surface area contributed by atoms with Gasteiger partial charge in [-0.25, -0.2) is 8.42 Å². The smallest absolute Gasteiger partial charge is 0.355 e. The van der Waals surface area contributed by atoms with E-state index in [0.29, 0.717) is 12.1 Å². The molecule has 3 aromatic rings. The van der Waals surface area contributed by atoms with Crippen LogP contribution in [0.3, 0.4) is 0 Å². The van der Waals surface area contributed by atoms with Crippen LogP contribution in [0.4, 0.5) is 18.9 Å². The molecule has 1 aromatic carbocycles. The molecule has 3 rings (SSSR count). The van der Waals surface area contributed by atoms with Crippen molar-refractivity contribution in [2.75, 3.05) is 11.4 Å². The number of hydrogen-bond donors (Lipinski definition) is 0. The fraction of sp³-hybridized carbons (Fsp3) is 0.235. The van der Waals surface area contributed by atoms with Crippen molar-refractivity contribution in [3.63, 3.8) is 0 Å². The van der Waals surface area contributed by atoms with Gasteiger partial charge in [-0.2, -0.15) is 13.2 Å². The molecule has 0 aliphatic rings. The Morgan fingerprint density at radius 1 is 1.19 bits per heavy atom. The second-order valence-electron chi connectivity index (χ2n) is 5.65. The lowest BCUT2D eigenvalue weighted by Gasteiger charge is -2.21. The molecule has 0 saturated heterocycles. The second-order valence-corrected chi connectivity index (χ2v) is 8.93. The molecule has 10 heteroatoms. The van der Waals surface area contributed by atoms with Crippen LogP contribution < -0.4 is 4.31 Å². The first-order valence-corrected chi connectivity index (χ1v) is 10.1. The van der Waals surface area contributed by atoms with Crippen LogP contribution in [0.5, 0.6) is 0 Å². The number of rotatable bonds is 5. The van der Waals surface area contributed by atoms with Crippen molar-refractivity contribution < 1.29 is 26.1 Å². The van der Waals surface area contributed by atoms with E-state index in [1.165, 1.54) is 23.5 Å². The maximum absolute atomic E-state index is 12.9. The lowest BCUT2D eigenvalue weighted by Crippen LogP contribution is -2.26. The third kappa shape index (κ3) is 3.72. The summed E-state index contributed by atoms with van der Waals surface area (Å²) in [6.07, 6.45) is -3.97. The zero-order valence-corrected chi connectivity index (χ0v) is 16.0. The molecule has 5 nitrogen and oxygen atoms in total. The van der Waals surface area contributed by atoms with Gasteiger partial charge in [0.05, 0.1) is 10.6 Å². The summed E-state index contributed by atoms with van der Waals surface area (Å²) >= 11 is 0.823. The minimum absolute atomic E-state index is 0.00383. The number of nitrogens with zero attached hydrogens (tertiary/aromatic N) is 2. The van der Waals surface area contributed by atoms with E-state index >= 15 is 0 Å². The zero-order chi connectivity index (χ0) is 19.8. The molecule has 2 heterocycles. The van der Waals surface area contributed by atoms with Crippen LogP contribution in [0.1, 0.15) is 18.2 Å². The fourth-order valence-corrected chi connectivity index (χ4v) is 5.16. The molecule has 0 spiro atoms. The first kappa shape index (κ1) is 19.4. The van der Waals surface area contributed by atoms with Crippen molar-refractivity contribution in [2.45, 2.75) is 23.7 Å². The Morgan fingerprint density at radius 3 is 2.52 bits per heavy atom. The molecule has 0 atom stereocenters. The molecule has 0 aliphatic carbocycles. The Kier molecular flexibility index (Phi) is 5.04. The monoisotopic (exact) mass is 416 g/mol. The van der Waals surface area contributed by atoms with Gasteiger partial charge in [-0.3, -0.25) is 4.31 Å². The minimum atomic E-state index is -4.63. The summed E-state index contributed by atoms with van der Waals surface area (Å²) in [7, 11) is -2.42. The van der Waals surface area contributed by atoms with E-state index in [0.717, 1.165) is 23.0 Å². The second kappa shape index (κ2) is 7.01. The normalized spacial score (nSPS) is 12.3. The number of halogens is 3. The highest BCUT2D eigenvalue weighted by molar-refractivity contribution is 7.94. The third-order valence-corrected chi connectivity index (χ3v) is 7.29. The number of sulfonamides is 1. The summed E-state index contributed by atoms with van der Waals surface area (Å²) in [4.78, 5) is 0.244. The SMILES string of the molecule is CCc1ccccc1N(C)S(=O)(=O)c1ccc(-c2cc(C(F)(F)F)no2)s1. The first-order chi connectivity index (χ1) is 12.6. The number of alkyl halides is 3. The predicted molar refractivity (Wildman–Crippen MR) is 96.2 cm³/mol. The van der Waals surface area contributed by atoms with Gasteiger partial charge < -0.3 is 4.52 Å². The van der Waals surface area contributed by atoms with Crippen molar-refractivity contribution >= 4 is 27.0 Å². The van der Waals surface area contributed by atoms with Gasteiger partial charge in [0.2, 0.25) is 0 Å². The molecule has 0 amide bonds. The number of aromatic nitrogens is 1. The molecular formula is C17H15F3N2O3S2.